The summed E-state index contributed by atoms with van der Waals surface area (Å²) < 4.78 is 5.65. The smallest absolute Gasteiger partial charge is 0.255 e. The Hall–Kier alpha value is -3.61. The maximum absolute atomic E-state index is 13.0. The van der Waals surface area contributed by atoms with E-state index in [1.807, 2.05) is 4.90 Å². The molecule has 37 heavy (non-hydrogen) atoms. The van der Waals surface area contributed by atoms with Gasteiger partial charge in [0.15, 0.2) is 5.84 Å². The van der Waals surface area contributed by atoms with E-state index in [-0.39, 0.29) is 30.2 Å². The Balaban J connectivity index is 0.00000280. The first kappa shape index (κ1) is 25.1. The zero-order valence-corrected chi connectivity index (χ0v) is 20.9. The quantitative estimate of drug-likeness (QED) is 0.645. The van der Waals surface area contributed by atoms with Gasteiger partial charge in [-0.15, -0.1) is 17.5 Å². The van der Waals surface area contributed by atoms with Crippen molar-refractivity contribution in [2.45, 2.75) is 18.6 Å². The second-order valence-electron chi connectivity index (χ2n) is 9.08. The van der Waals surface area contributed by atoms with Crippen molar-refractivity contribution in [2.75, 3.05) is 45.1 Å². The van der Waals surface area contributed by atoms with E-state index < -0.39 is 5.79 Å². The molecule has 2 aromatic heterocycles. The summed E-state index contributed by atoms with van der Waals surface area (Å²) in [6.07, 6.45) is 9.78. The molecule has 0 spiro atoms. The molecule has 1 amide bonds. The number of aromatic nitrogens is 3. The van der Waals surface area contributed by atoms with Crippen molar-refractivity contribution < 1.29 is 9.53 Å². The Kier molecular flexibility index (Phi) is 7.04. The molecular formula is C24H27ClN10O2. The molecule has 0 bridgehead atoms. The van der Waals surface area contributed by atoms with Crippen LogP contribution in [-0.2, 0) is 4.74 Å². The van der Waals surface area contributed by atoms with Gasteiger partial charge in [0, 0.05) is 62.4 Å². The monoisotopic (exact) mass is 522 g/mol. The summed E-state index contributed by atoms with van der Waals surface area (Å²) in [6.45, 7) is 3.80. The number of halogens is 1. The predicted octanol–water partition coefficient (Wildman–Crippen LogP) is 1.96. The number of carbonyl (C=O) groups excluding carboxylic acids is 1. The maximum Gasteiger partial charge on any atom is 0.255 e. The molecule has 13 heteroatoms. The molecular weight excluding hydrogens is 496 g/mol. The van der Waals surface area contributed by atoms with Gasteiger partial charge in [-0.3, -0.25) is 14.7 Å². The van der Waals surface area contributed by atoms with Crippen LogP contribution in [-0.4, -0.2) is 87.4 Å². The van der Waals surface area contributed by atoms with Gasteiger partial charge in [0.05, 0.1) is 36.3 Å². The van der Waals surface area contributed by atoms with Gasteiger partial charge in [-0.05, 0) is 25.0 Å². The van der Waals surface area contributed by atoms with Crippen LogP contribution in [0.4, 0.5) is 5.95 Å². The van der Waals surface area contributed by atoms with E-state index in [4.69, 9.17) is 20.5 Å². The zero-order valence-electron chi connectivity index (χ0n) is 20.1. The van der Waals surface area contributed by atoms with Crippen molar-refractivity contribution in [3.8, 4) is 0 Å². The molecule has 2 fully saturated rings. The van der Waals surface area contributed by atoms with Crippen LogP contribution in [0.3, 0.4) is 0 Å². The minimum absolute atomic E-state index is 0. The lowest BCUT2D eigenvalue weighted by atomic mass is 9.86. The van der Waals surface area contributed by atoms with Crippen LogP contribution in [0.2, 0.25) is 0 Å². The Morgan fingerprint density at radius 1 is 1.05 bits per heavy atom. The fourth-order valence-electron chi connectivity index (χ4n) is 5.20. The molecule has 12 nitrogen and oxygen atoms in total. The van der Waals surface area contributed by atoms with E-state index in [1.54, 1.807) is 43.1 Å². The molecule has 0 aliphatic carbocycles. The van der Waals surface area contributed by atoms with Crippen molar-refractivity contribution in [1.29, 1.82) is 0 Å². The molecule has 1 unspecified atom stereocenters. The molecule has 2 saturated heterocycles. The second-order valence-corrected chi connectivity index (χ2v) is 9.08. The topological polar surface area (TPSA) is 147 Å². The van der Waals surface area contributed by atoms with Crippen molar-refractivity contribution in [2.24, 2.45) is 26.1 Å². The number of amidine groups is 1. The van der Waals surface area contributed by atoms with Crippen LogP contribution in [0.15, 0.2) is 68.9 Å². The second kappa shape index (κ2) is 10.4. The molecule has 6 heterocycles. The van der Waals surface area contributed by atoms with E-state index >= 15 is 0 Å². The molecule has 1 atom stereocenters. The molecule has 192 valence electrons. The van der Waals surface area contributed by atoms with Crippen LogP contribution in [0, 0.1) is 5.92 Å². The van der Waals surface area contributed by atoms with Crippen LogP contribution in [0.1, 0.15) is 28.8 Å². The number of morpholine rings is 1. The number of amides is 1. The van der Waals surface area contributed by atoms with Crippen LogP contribution < -0.4 is 5.73 Å². The predicted molar refractivity (Wildman–Crippen MR) is 139 cm³/mol. The number of nitrogen functional groups attached to an aromatic ring is 1. The summed E-state index contributed by atoms with van der Waals surface area (Å²) >= 11 is 0. The minimum atomic E-state index is -0.889. The van der Waals surface area contributed by atoms with E-state index in [0.717, 1.165) is 24.0 Å². The van der Waals surface area contributed by atoms with Gasteiger partial charge in [0.25, 0.3) is 5.91 Å². The number of hydrogen-bond acceptors (Lipinski definition) is 11. The number of fused-ring (bicyclic) bond motifs is 1. The number of piperidine rings is 1. The van der Waals surface area contributed by atoms with Gasteiger partial charge in [0.1, 0.15) is 0 Å². The molecule has 0 aromatic carbocycles. The summed E-state index contributed by atoms with van der Waals surface area (Å²) in [5.74, 6) is -0.0841. The standard InChI is InChI=1S/C24H26N10O2.ClH/c25-23-27-13-17(14-28-23)20-19-15-29-32-21(19)31-24(30-20,34-8-10-36-11-9-34)18-3-6-33(7-4-18)22(35)16-2-1-5-26-12-16;/h1-2,5,12-15,18H,3-4,6-11H2,(H2,25,27,28);1H. The van der Waals surface area contributed by atoms with Crippen LogP contribution in [0.5, 0.6) is 0 Å². The first-order valence-electron chi connectivity index (χ1n) is 12.1. The average molecular weight is 523 g/mol. The number of anilines is 1. The molecule has 2 N–H and O–H groups in total. The van der Waals surface area contributed by atoms with Crippen LogP contribution in [0.25, 0.3) is 0 Å². The lowest BCUT2D eigenvalue weighted by Crippen LogP contribution is -2.59. The highest BCUT2D eigenvalue weighted by atomic mass is 35.5. The molecule has 0 saturated carbocycles. The summed E-state index contributed by atoms with van der Waals surface area (Å²) in [5.41, 5.74) is 8.51. The number of aliphatic imine (C=N–C) groups is 2. The zero-order chi connectivity index (χ0) is 24.5. The van der Waals surface area contributed by atoms with E-state index in [0.29, 0.717) is 56.5 Å². The summed E-state index contributed by atoms with van der Waals surface area (Å²) in [4.78, 5) is 40.1. The fourth-order valence-corrected chi connectivity index (χ4v) is 5.20. The number of carbonyl (C=O) groups is 1. The number of nitrogens with two attached hydrogens (primary N) is 1. The molecule has 4 aliphatic rings. The van der Waals surface area contributed by atoms with Crippen molar-refractivity contribution in [3.63, 3.8) is 0 Å². The SMILES string of the molecule is Cl.Nc1ncc(C2=NC(C3CCN(C(=O)c4cccnc4)CC3)(N3CCOCC3)N=C3N=NC=C32)cn1. The van der Waals surface area contributed by atoms with Gasteiger partial charge in [-0.1, -0.05) is 0 Å². The minimum Gasteiger partial charge on any atom is -0.379 e. The Labute approximate surface area is 219 Å². The van der Waals surface area contributed by atoms with Crippen molar-refractivity contribution >= 4 is 35.8 Å². The van der Waals surface area contributed by atoms with Crippen molar-refractivity contribution in [3.05, 3.63) is 59.8 Å². The fraction of sp³-hybridized carbons (Fsp3) is 0.417. The number of pyridine rings is 1. The van der Waals surface area contributed by atoms with E-state index in [1.165, 1.54) is 0 Å². The summed E-state index contributed by atoms with van der Waals surface area (Å²) in [5, 5.41) is 8.46. The third-order valence-corrected chi connectivity index (χ3v) is 7.04. The number of likely N-dealkylation sites (tertiary alicyclic amines) is 1. The Bertz CT molecular complexity index is 1270. The molecule has 2 aromatic rings. The Morgan fingerprint density at radius 2 is 1.81 bits per heavy atom. The highest BCUT2D eigenvalue weighted by Crippen LogP contribution is 2.41. The average Bonchev–Trinajstić information content (AvgIpc) is 3.42. The number of ether oxygens (including phenoxy) is 1. The summed E-state index contributed by atoms with van der Waals surface area (Å²) in [6, 6.07) is 3.58. The van der Waals surface area contributed by atoms with Gasteiger partial charge in [0.2, 0.25) is 11.7 Å². The highest BCUT2D eigenvalue weighted by Gasteiger charge is 2.49. The van der Waals surface area contributed by atoms with Crippen molar-refractivity contribution in [1.82, 2.24) is 24.8 Å². The largest absolute Gasteiger partial charge is 0.379 e. The lowest BCUT2D eigenvalue weighted by Gasteiger charge is -2.48. The van der Waals surface area contributed by atoms with E-state index in [9.17, 15) is 4.79 Å². The van der Waals surface area contributed by atoms with Gasteiger partial charge >= 0.3 is 0 Å². The van der Waals surface area contributed by atoms with Gasteiger partial charge < -0.3 is 15.4 Å². The first-order chi connectivity index (χ1) is 17.6. The summed E-state index contributed by atoms with van der Waals surface area (Å²) in [7, 11) is 0. The molecule has 4 aliphatic heterocycles. The number of nitrogens with zero attached hydrogens (tertiary/aromatic N) is 9. The Morgan fingerprint density at radius 3 is 2.51 bits per heavy atom. The third kappa shape index (κ3) is 4.63. The number of azo groups is 1. The maximum atomic E-state index is 13.0. The van der Waals surface area contributed by atoms with Crippen LogP contribution >= 0.6 is 12.4 Å². The normalized spacial score (nSPS) is 24.0. The van der Waals surface area contributed by atoms with E-state index in [2.05, 4.69) is 30.1 Å². The van der Waals surface area contributed by atoms with Gasteiger partial charge in [-0.2, -0.15) is 5.11 Å². The first-order valence-corrected chi connectivity index (χ1v) is 12.1. The van der Waals surface area contributed by atoms with Gasteiger partial charge in [-0.25, -0.2) is 20.0 Å². The number of hydrogen-bond donors (Lipinski definition) is 1. The molecule has 6 rings (SSSR count). The molecule has 0 radical (unpaired) electrons. The lowest BCUT2D eigenvalue weighted by molar-refractivity contribution is -0.0508. The highest BCUT2D eigenvalue weighted by molar-refractivity contribution is 6.31. The third-order valence-electron chi connectivity index (χ3n) is 7.04. The number of rotatable bonds is 4.